The zero-order valence-electron chi connectivity index (χ0n) is 22.5. The van der Waals surface area contributed by atoms with Gasteiger partial charge in [-0.2, -0.15) is 4.57 Å². The predicted octanol–water partition coefficient (Wildman–Crippen LogP) is 4.32. The molecule has 1 saturated heterocycles. The first kappa shape index (κ1) is 32.7. The van der Waals surface area contributed by atoms with Gasteiger partial charge < -0.3 is 20.6 Å². The van der Waals surface area contributed by atoms with Crippen molar-refractivity contribution in [1.82, 2.24) is 10.2 Å². The second kappa shape index (κ2) is 14.1. The van der Waals surface area contributed by atoms with E-state index in [-0.39, 0.29) is 23.1 Å². The quantitative estimate of drug-likeness (QED) is 0.122. The number of hydrogen-bond acceptors (Lipinski definition) is 9. The van der Waals surface area contributed by atoms with Gasteiger partial charge >= 0.3 is 11.9 Å². The molecule has 4 N–H and O–H groups in total. The van der Waals surface area contributed by atoms with Gasteiger partial charge in [-0.15, -0.1) is 46.6 Å². The summed E-state index contributed by atoms with van der Waals surface area (Å²) < 4.78 is 1.41. The maximum atomic E-state index is 13.0. The van der Waals surface area contributed by atoms with Crippen LogP contribution in [-0.4, -0.2) is 72.6 Å². The van der Waals surface area contributed by atoms with E-state index in [0.717, 1.165) is 4.90 Å². The van der Waals surface area contributed by atoms with Crippen molar-refractivity contribution in [3.8, 4) is 0 Å². The summed E-state index contributed by atoms with van der Waals surface area (Å²) in [5.41, 5.74) is 0.467. The molecule has 1 aromatic carbocycles. The number of thiophene rings is 1. The molecular weight excluding hydrogens is 689 g/mol. The van der Waals surface area contributed by atoms with Crippen LogP contribution in [0.15, 0.2) is 81.3 Å². The Hall–Kier alpha value is -2.72. The lowest BCUT2D eigenvalue weighted by Crippen LogP contribution is -2.70. The van der Waals surface area contributed by atoms with Crippen LogP contribution in [0.1, 0.15) is 17.0 Å². The van der Waals surface area contributed by atoms with Gasteiger partial charge in [0.25, 0.3) is 11.9 Å². The van der Waals surface area contributed by atoms with Crippen LogP contribution in [0, 0.1) is 0 Å². The molecule has 0 spiro atoms. The number of carboxylic acids is 2. The fourth-order valence-corrected chi connectivity index (χ4v) is 9.07. The molecule has 0 bridgehead atoms. The monoisotopic (exact) mass is 712 g/mol. The summed E-state index contributed by atoms with van der Waals surface area (Å²) in [4.78, 5) is 52.9. The molecule has 230 valence electrons. The second-order valence-electron chi connectivity index (χ2n) is 9.59. The molecule has 1 fully saturated rings. The van der Waals surface area contributed by atoms with Crippen molar-refractivity contribution in [2.45, 2.75) is 33.4 Å². The molecule has 4 atom stereocenters. The van der Waals surface area contributed by atoms with Crippen LogP contribution in [0.4, 0.5) is 0 Å². The number of β-lactam (4-membered cyclic amide) rings is 1. The highest BCUT2D eigenvalue weighted by Crippen LogP contribution is 2.42. The van der Waals surface area contributed by atoms with Gasteiger partial charge in [-0.05, 0) is 35.2 Å². The number of halogens is 2. The van der Waals surface area contributed by atoms with E-state index in [0.29, 0.717) is 31.1 Å². The van der Waals surface area contributed by atoms with E-state index in [2.05, 4.69) is 5.32 Å². The van der Waals surface area contributed by atoms with E-state index in [1.165, 1.54) is 56.1 Å². The van der Waals surface area contributed by atoms with Gasteiger partial charge in [-0.1, -0.05) is 29.3 Å². The number of benzene rings is 1. The summed E-state index contributed by atoms with van der Waals surface area (Å²) >= 11 is 17.3. The van der Waals surface area contributed by atoms with Crippen molar-refractivity contribution in [3.05, 3.63) is 86.4 Å². The van der Waals surface area contributed by atoms with Gasteiger partial charge in [0.1, 0.15) is 17.1 Å². The maximum Gasteiger partial charge on any atom is 0.376 e. The van der Waals surface area contributed by atoms with Gasteiger partial charge in [0.15, 0.2) is 18.5 Å². The first-order valence-corrected chi connectivity index (χ1v) is 17.6. The Morgan fingerprint density at radius 3 is 2.52 bits per heavy atom. The van der Waals surface area contributed by atoms with E-state index < -0.39 is 41.4 Å². The highest BCUT2D eigenvalue weighted by molar-refractivity contribution is 8.01. The Bertz CT molecular complexity index is 1620. The molecule has 2 unspecified atom stereocenters. The number of pyridine rings is 1. The Kier molecular flexibility index (Phi) is 10.5. The molecule has 0 aliphatic carbocycles. The van der Waals surface area contributed by atoms with Crippen LogP contribution in [0.5, 0.6) is 0 Å². The third-order valence-corrected chi connectivity index (χ3v) is 11.9. The number of rotatable bonds is 12. The molecule has 16 heteroatoms. The topological polar surface area (TPSA) is 148 Å². The average Bonchev–Trinajstić information content (AvgIpc) is 3.54. The minimum atomic E-state index is -1.23. The van der Waals surface area contributed by atoms with Crippen LogP contribution in [-0.2, 0) is 19.2 Å². The molecule has 3 aromatic rings. The summed E-state index contributed by atoms with van der Waals surface area (Å²) in [6.07, 6.45) is 1.89. The lowest BCUT2D eigenvalue weighted by atomic mass is 10.0. The molecule has 2 aliphatic heterocycles. The molecule has 10 nitrogen and oxygen atoms in total. The first-order chi connectivity index (χ1) is 21.0. The number of nitrogens with zero attached hydrogens (tertiary/aromatic N) is 2. The second-order valence-corrected chi connectivity index (χ2v) is 14.6. The molecule has 4 heterocycles. The van der Waals surface area contributed by atoms with Gasteiger partial charge in [-0.25, -0.2) is 9.59 Å². The van der Waals surface area contributed by atoms with Gasteiger partial charge in [-0.3, -0.25) is 14.5 Å². The van der Waals surface area contributed by atoms with Crippen LogP contribution in [0.25, 0.3) is 0 Å². The highest BCUT2D eigenvalue weighted by Gasteiger charge is 2.54. The number of carbonyl (C=O) groups excluding carboxylic acids is 2. The van der Waals surface area contributed by atoms with E-state index in [1.807, 2.05) is 0 Å². The number of aliphatic hydroxyl groups is 1. The van der Waals surface area contributed by atoms with Crippen molar-refractivity contribution in [1.29, 1.82) is 0 Å². The third-order valence-electron chi connectivity index (χ3n) is 6.76. The molecule has 2 aromatic heterocycles. The van der Waals surface area contributed by atoms with Gasteiger partial charge in [0.2, 0.25) is 5.91 Å². The number of aromatic nitrogens is 1. The normalized spacial score (nSPS) is 19.2. The Morgan fingerprint density at radius 2 is 1.86 bits per heavy atom. The van der Waals surface area contributed by atoms with Crippen LogP contribution in [0.3, 0.4) is 0 Å². The van der Waals surface area contributed by atoms with Gasteiger partial charge in [0.05, 0.1) is 10.8 Å². The van der Waals surface area contributed by atoms with Crippen LogP contribution < -0.4 is 9.88 Å². The smallest absolute Gasteiger partial charge is 0.376 e. The number of aliphatic carboxylic acids is 2. The Morgan fingerprint density at radius 1 is 1.11 bits per heavy atom. The largest absolute Gasteiger partial charge is 0.477 e. The molecular formula is C28H24Cl2N3O7S4+. The number of hydrogen-bond donors (Lipinski definition) is 4. The zero-order valence-corrected chi connectivity index (χ0v) is 27.2. The van der Waals surface area contributed by atoms with Crippen LogP contribution in [0.2, 0.25) is 10.0 Å². The van der Waals surface area contributed by atoms with Crippen LogP contribution >= 0.6 is 69.8 Å². The average molecular weight is 714 g/mol. The van der Waals surface area contributed by atoms with Crippen molar-refractivity contribution in [2.24, 2.45) is 0 Å². The number of carboxylic acid groups (broad SMARTS) is 2. The van der Waals surface area contributed by atoms with E-state index >= 15 is 0 Å². The summed E-state index contributed by atoms with van der Waals surface area (Å²) in [6, 6.07) is 9.65. The minimum absolute atomic E-state index is 0.00201. The summed E-state index contributed by atoms with van der Waals surface area (Å²) in [6.45, 7) is 0. The molecule has 2 aliphatic rings. The number of amides is 2. The number of nitrogens with one attached hydrogen (secondary N) is 1. The number of thioether (sulfide) groups is 3. The third kappa shape index (κ3) is 7.06. The van der Waals surface area contributed by atoms with Crippen molar-refractivity contribution >= 4 is 93.6 Å². The lowest BCUT2D eigenvalue weighted by Gasteiger charge is -2.49. The molecule has 0 saturated carbocycles. The maximum absolute atomic E-state index is 13.0. The molecule has 5 rings (SSSR count). The standard InChI is InChI=1S/C28H23Cl2N3O7S4/c29-15-3-4-17(30)19(10-15)43-13-20(34)31-21-25(36)33-22(27(37)38)14(12-44-26(21)33)11-42-16-5-7-32(8-6-16)23(28(39)40)24(35)18-2-1-9-41-18/h1-10,21,23-24,26,35H,11-13H2,(H2-,31,34,37,38,39,40)/p+1/t21-,23?,24?,26+/m0/s1. The Labute approximate surface area is 278 Å². The van der Waals surface area contributed by atoms with E-state index in [1.54, 1.807) is 60.2 Å². The first-order valence-electron chi connectivity index (χ1n) is 12.9. The molecule has 2 amide bonds. The highest BCUT2D eigenvalue weighted by atomic mass is 35.5. The number of aliphatic hydroxyl groups excluding tert-OH is 1. The Balaban J connectivity index is 1.21. The summed E-state index contributed by atoms with van der Waals surface area (Å²) in [7, 11) is 0. The lowest BCUT2D eigenvalue weighted by molar-refractivity contribution is -0.719. The van der Waals surface area contributed by atoms with E-state index in [9.17, 15) is 34.5 Å². The summed E-state index contributed by atoms with van der Waals surface area (Å²) in [5.74, 6) is -2.66. The molecule has 44 heavy (non-hydrogen) atoms. The predicted molar refractivity (Wildman–Crippen MR) is 170 cm³/mol. The SMILES string of the molecule is O=C(CSc1cc(Cl)ccc1Cl)N[C@H]1C(=O)N2C(C(=O)O)=C(CSc3cc[n+](C(C(=O)O)C(O)c4cccs4)cc3)CS[C@H]12. The minimum Gasteiger partial charge on any atom is -0.477 e. The fraction of sp³-hybridized carbons (Fsp3) is 0.250. The zero-order chi connectivity index (χ0) is 31.5. The van der Waals surface area contributed by atoms with Crippen molar-refractivity contribution in [2.75, 3.05) is 17.3 Å². The number of carbonyl (C=O) groups is 4. The van der Waals surface area contributed by atoms with Crippen molar-refractivity contribution < 1.29 is 39.1 Å². The van der Waals surface area contributed by atoms with E-state index in [4.69, 9.17) is 23.2 Å². The molecule has 0 radical (unpaired) electrons. The summed E-state index contributed by atoms with van der Waals surface area (Å²) in [5, 5.41) is 35.2. The van der Waals surface area contributed by atoms with Gasteiger partial charge in [0, 0.05) is 43.3 Å². The number of fused-ring (bicyclic) bond motifs is 1. The fourth-order valence-electron chi connectivity index (χ4n) is 4.66. The van der Waals surface area contributed by atoms with Crippen molar-refractivity contribution in [3.63, 3.8) is 0 Å².